The number of benzene rings is 1. The fourth-order valence-electron chi connectivity index (χ4n) is 8.68. The van der Waals surface area contributed by atoms with Crippen LogP contribution in [-0.2, 0) is 9.53 Å². The van der Waals surface area contributed by atoms with Crippen LogP contribution in [0.2, 0.25) is 0 Å². The number of rotatable bonds is 7. The van der Waals surface area contributed by atoms with Crippen LogP contribution in [-0.4, -0.2) is 101 Å². The fourth-order valence-corrected chi connectivity index (χ4v) is 8.68. The number of hydrogen-bond donors (Lipinski definition) is 0. The average Bonchev–Trinajstić information content (AvgIpc) is 3.47. The summed E-state index contributed by atoms with van der Waals surface area (Å²) < 4.78 is 5.42. The number of carbonyl (C=O) groups excluding carboxylic acids is 2. The minimum atomic E-state index is -0.0542. The molecular formula is C33H50N4O3. The molecule has 5 aliphatic rings. The highest BCUT2D eigenvalue weighted by Crippen LogP contribution is 2.49. The summed E-state index contributed by atoms with van der Waals surface area (Å²) in [5.74, 6) is 1.60. The smallest absolute Gasteiger partial charge is 0.320 e. The maximum Gasteiger partial charge on any atom is 0.320 e. The Bertz CT molecular complexity index is 1070. The molecule has 0 saturated carbocycles. The highest BCUT2D eigenvalue weighted by molar-refractivity contribution is 5.79. The molecule has 0 radical (unpaired) electrons. The molecule has 6 rings (SSSR count). The summed E-state index contributed by atoms with van der Waals surface area (Å²) >= 11 is 0. The molecule has 40 heavy (non-hydrogen) atoms. The number of fused-ring (bicyclic) bond motifs is 2. The molecule has 1 aromatic carbocycles. The molecule has 220 valence electrons. The van der Waals surface area contributed by atoms with Crippen molar-refractivity contribution in [1.29, 1.82) is 0 Å². The van der Waals surface area contributed by atoms with Crippen molar-refractivity contribution in [3.05, 3.63) is 35.9 Å². The second kappa shape index (κ2) is 10.6. The number of piperidine rings is 1. The van der Waals surface area contributed by atoms with Gasteiger partial charge in [0.25, 0.3) is 0 Å². The van der Waals surface area contributed by atoms with Crippen LogP contribution in [0, 0.1) is 17.3 Å². The van der Waals surface area contributed by atoms with Gasteiger partial charge in [-0.25, -0.2) is 4.79 Å². The van der Waals surface area contributed by atoms with Crippen molar-refractivity contribution in [1.82, 2.24) is 19.6 Å². The van der Waals surface area contributed by atoms with E-state index in [0.29, 0.717) is 42.2 Å². The van der Waals surface area contributed by atoms with E-state index in [4.69, 9.17) is 4.74 Å². The van der Waals surface area contributed by atoms with Gasteiger partial charge in [-0.1, -0.05) is 51.1 Å². The van der Waals surface area contributed by atoms with Crippen LogP contribution in [0.5, 0.6) is 0 Å². The van der Waals surface area contributed by atoms with Crippen LogP contribution in [0.15, 0.2) is 30.3 Å². The molecule has 5 fully saturated rings. The Morgan fingerprint density at radius 2 is 1.70 bits per heavy atom. The second-order valence-electron chi connectivity index (χ2n) is 15.1. The quantitative estimate of drug-likeness (QED) is 0.488. The molecule has 0 aromatic heterocycles. The van der Waals surface area contributed by atoms with Crippen LogP contribution in [0.1, 0.15) is 78.2 Å². The number of nitrogens with zero attached hydrogens (tertiary/aromatic N) is 4. The summed E-state index contributed by atoms with van der Waals surface area (Å²) in [4.78, 5) is 36.3. The van der Waals surface area contributed by atoms with Crippen molar-refractivity contribution >= 4 is 11.9 Å². The molecule has 4 atom stereocenters. The van der Waals surface area contributed by atoms with E-state index in [1.54, 1.807) is 0 Å². The monoisotopic (exact) mass is 550 g/mol. The van der Waals surface area contributed by atoms with Gasteiger partial charge in [-0.2, -0.15) is 0 Å². The van der Waals surface area contributed by atoms with Gasteiger partial charge in [-0.05, 0) is 56.4 Å². The van der Waals surface area contributed by atoms with Crippen LogP contribution in [0.25, 0.3) is 0 Å². The zero-order valence-electron chi connectivity index (χ0n) is 25.3. The summed E-state index contributed by atoms with van der Waals surface area (Å²) in [7, 11) is 0. The molecule has 1 spiro atoms. The van der Waals surface area contributed by atoms with Crippen molar-refractivity contribution < 1.29 is 14.3 Å². The van der Waals surface area contributed by atoms with Gasteiger partial charge in [0, 0.05) is 69.1 Å². The van der Waals surface area contributed by atoms with Gasteiger partial charge in [0.1, 0.15) is 0 Å². The summed E-state index contributed by atoms with van der Waals surface area (Å²) in [6.07, 6.45) is 5.18. The van der Waals surface area contributed by atoms with E-state index < -0.39 is 0 Å². The maximum atomic E-state index is 13.6. The lowest BCUT2D eigenvalue weighted by molar-refractivity contribution is -0.132. The first-order chi connectivity index (χ1) is 19.0. The maximum absolute atomic E-state index is 13.6. The third kappa shape index (κ3) is 5.29. The normalized spacial score (nSPS) is 33.0. The predicted octanol–water partition coefficient (Wildman–Crippen LogP) is 4.82. The number of amides is 3. The van der Waals surface area contributed by atoms with Gasteiger partial charge in [-0.3, -0.25) is 9.69 Å². The molecule has 7 nitrogen and oxygen atoms in total. The Morgan fingerprint density at radius 3 is 2.27 bits per heavy atom. The van der Waals surface area contributed by atoms with E-state index in [9.17, 15) is 9.59 Å². The molecule has 0 N–H and O–H groups in total. The Morgan fingerprint density at radius 1 is 1.02 bits per heavy atom. The molecule has 5 heterocycles. The standard InChI is InChI=1S/C33H50N4O3/c1-23(2)37-31(39)35(16-24-20-40-21-24)22-33(37)13-27-11-12-28(14-33)36(27)18-26-17-34(30(38)15-32(3,4)5)19-29(26)25-9-7-6-8-10-25/h6-10,23-24,26-29H,11-22H2,1-5H3/t26-,27?,28?,29-,33?/m1/s1. The Labute approximate surface area is 241 Å². The van der Waals surface area contributed by atoms with Gasteiger partial charge in [0.15, 0.2) is 0 Å². The van der Waals surface area contributed by atoms with Crippen LogP contribution >= 0.6 is 0 Å². The first kappa shape index (κ1) is 28.0. The molecule has 5 saturated heterocycles. The number of hydrogen-bond acceptors (Lipinski definition) is 4. The summed E-state index contributed by atoms with van der Waals surface area (Å²) in [6.45, 7) is 16.9. The van der Waals surface area contributed by atoms with Crippen molar-refractivity contribution in [3.8, 4) is 0 Å². The molecular weight excluding hydrogens is 500 g/mol. The average molecular weight is 551 g/mol. The minimum Gasteiger partial charge on any atom is -0.381 e. The molecule has 0 aliphatic carbocycles. The second-order valence-corrected chi connectivity index (χ2v) is 15.1. The molecule has 5 aliphatic heterocycles. The number of likely N-dealkylation sites (tertiary alicyclic amines) is 1. The number of carbonyl (C=O) groups is 2. The lowest BCUT2D eigenvalue weighted by atomic mass is 9.80. The molecule has 7 heteroatoms. The van der Waals surface area contributed by atoms with Crippen molar-refractivity contribution in [2.75, 3.05) is 45.9 Å². The predicted molar refractivity (Wildman–Crippen MR) is 157 cm³/mol. The Balaban J connectivity index is 1.19. The van der Waals surface area contributed by atoms with Gasteiger partial charge in [-0.15, -0.1) is 0 Å². The number of ether oxygens (including phenoxy) is 1. The fraction of sp³-hybridized carbons (Fsp3) is 0.758. The molecule has 2 bridgehead atoms. The van der Waals surface area contributed by atoms with E-state index in [2.05, 4.69) is 84.6 Å². The van der Waals surface area contributed by atoms with Gasteiger partial charge >= 0.3 is 6.03 Å². The van der Waals surface area contributed by atoms with Crippen molar-refractivity contribution in [3.63, 3.8) is 0 Å². The highest BCUT2D eigenvalue weighted by Gasteiger charge is 2.58. The number of urea groups is 1. The van der Waals surface area contributed by atoms with E-state index in [0.717, 1.165) is 58.8 Å². The SMILES string of the molecule is CC(C)N1C(=O)N(CC2COC2)CC12CC1CCC(C2)N1C[C@H]1CN(C(=O)CC(C)(C)C)C[C@@H]1c1ccccc1. The highest BCUT2D eigenvalue weighted by atomic mass is 16.5. The lowest BCUT2D eigenvalue weighted by Gasteiger charge is -2.50. The van der Waals surface area contributed by atoms with E-state index in [1.165, 1.54) is 18.4 Å². The van der Waals surface area contributed by atoms with Crippen LogP contribution < -0.4 is 0 Å². The lowest BCUT2D eigenvalue weighted by Crippen LogP contribution is -2.60. The summed E-state index contributed by atoms with van der Waals surface area (Å²) in [5.41, 5.74) is 1.31. The zero-order chi connectivity index (χ0) is 28.2. The van der Waals surface area contributed by atoms with Gasteiger partial charge < -0.3 is 19.4 Å². The first-order valence-electron chi connectivity index (χ1n) is 15.8. The van der Waals surface area contributed by atoms with E-state index in [1.807, 2.05) is 0 Å². The summed E-state index contributed by atoms with van der Waals surface area (Å²) in [6, 6.07) is 12.3. The Hall–Kier alpha value is -2.12. The Kier molecular flexibility index (Phi) is 7.44. The molecule has 3 amide bonds. The van der Waals surface area contributed by atoms with Crippen molar-refractivity contribution in [2.24, 2.45) is 17.3 Å². The molecule has 1 aromatic rings. The van der Waals surface area contributed by atoms with E-state index >= 15 is 0 Å². The minimum absolute atomic E-state index is 0.00173. The first-order valence-corrected chi connectivity index (χ1v) is 15.8. The third-order valence-corrected chi connectivity index (χ3v) is 10.3. The van der Waals surface area contributed by atoms with Crippen LogP contribution in [0.4, 0.5) is 4.79 Å². The van der Waals surface area contributed by atoms with Gasteiger partial charge in [0.05, 0.1) is 18.8 Å². The third-order valence-electron chi connectivity index (χ3n) is 10.3. The molecule has 2 unspecified atom stereocenters. The van der Waals surface area contributed by atoms with E-state index in [-0.39, 0.29) is 23.0 Å². The van der Waals surface area contributed by atoms with Crippen molar-refractivity contribution in [2.45, 2.75) is 96.3 Å². The van der Waals surface area contributed by atoms with Gasteiger partial charge in [0.2, 0.25) is 5.91 Å². The topological polar surface area (TPSA) is 56.3 Å². The van der Waals surface area contributed by atoms with Crippen LogP contribution in [0.3, 0.4) is 0 Å². The summed E-state index contributed by atoms with van der Waals surface area (Å²) in [5, 5.41) is 0. The zero-order valence-corrected chi connectivity index (χ0v) is 25.3. The largest absolute Gasteiger partial charge is 0.381 e.